The number of rotatable bonds is 3. The fourth-order valence-corrected chi connectivity index (χ4v) is 2.76. The maximum atomic E-state index is 9.03. The summed E-state index contributed by atoms with van der Waals surface area (Å²) in [5.74, 6) is 0.0422. The molecule has 0 aliphatic rings. The molecular weight excluding hydrogens is 266 g/mol. The van der Waals surface area contributed by atoms with Gasteiger partial charge < -0.3 is 10.9 Å². The maximum Gasteiger partial charge on any atom is 0.174 e. The Bertz CT molecular complexity index is 715. The fourth-order valence-electron chi connectivity index (χ4n) is 2.76. The molecule has 0 atom stereocenters. The molecule has 0 fully saturated rings. The summed E-state index contributed by atoms with van der Waals surface area (Å²) in [6.07, 6.45) is 0.916. The van der Waals surface area contributed by atoms with Gasteiger partial charge >= 0.3 is 0 Å². The van der Waals surface area contributed by atoms with E-state index in [9.17, 15) is 0 Å². The normalized spacial score (nSPS) is 12.0. The van der Waals surface area contributed by atoms with Gasteiger partial charge in [-0.05, 0) is 45.7 Å². The first-order valence-electron chi connectivity index (χ1n) is 6.92. The minimum atomic E-state index is 0.0422. The Morgan fingerprint density at radius 2 is 1.95 bits per heavy atom. The van der Waals surface area contributed by atoms with Crippen molar-refractivity contribution in [3.63, 3.8) is 0 Å². The van der Waals surface area contributed by atoms with Crippen molar-refractivity contribution in [2.24, 2.45) is 10.9 Å². The zero-order valence-electron chi connectivity index (χ0n) is 13.1. The zero-order valence-corrected chi connectivity index (χ0v) is 13.1. The first kappa shape index (κ1) is 15.0. The third kappa shape index (κ3) is 2.49. The highest BCUT2D eigenvalue weighted by Crippen LogP contribution is 2.23. The van der Waals surface area contributed by atoms with Gasteiger partial charge in [-0.2, -0.15) is 5.10 Å². The first-order chi connectivity index (χ1) is 9.90. The first-order valence-corrected chi connectivity index (χ1v) is 6.92. The van der Waals surface area contributed by atoms with Crippen LogP contribution in [-0.2, 0) is 6.42 Å². The third-order valence-corrected chi connectivity index (χ3v) is 3.69. The number of nitrogens with two attached hydrogens (primary N) is 1. The summed E-state index contributed by atoms with van der Waals surface area (Å²) in [5.41, 5.74) is 12.1. The van der Waals surface area contributed by atoms with Crippen molar-refractivity contribution in [3.05, 3.63) is 40.0 Å². The smallest absolute Gasteiger partial charge is 0.174 e. The van der Waals surface area contributed by atoms with E-state index in [1.165, 1.54) is 5.56 Å². The fraction of sp³-hybridized carbons (Fsp3) is 0.400. The Balaban J connectivity index is 2.80. The summed E-state index contributed by atoms with van der Waals surface area (Å²) >= 11 is 0. The van der Waals surface area contributed by atoms with E-state index in [0.29, 0.717) is 11.3 Å². The van der Waals surface area contributed by atoms with Gasteiger partial charge in [0.2, 0.25) is 0 Å². The molecular formula is C15H21N5O. The minimum Gasteiger partial charge on any atom is -0.409 e. The van der Waals surface area contributed by atoms with Crippen molar-refractivity contribution in [1.29, 1.82) is 0 Å². The number of pyridine rings is 1. The van der Waals surface area contributed by atoms with Crippen LogP contribution in [0.2, 0.25) is 0 Å². The number of aromatic nitrogens is 3. The standard InChI is InChI=1S/C15H21N5O/c1-6-12-9(3)18-20(11(12)5)13-7-8(2)17-10(4)14(13)15(16)19-21/h7,21H,6H2,1-5H3,(H2,16,19). The van der Waals surface area contributed by atoms with Gasteiger partial charge in [0.15, 0.2) is 5.84 Å². The van der Waals surface area contributed by atoms with Crippen molar-refractivity contribution in [2.45, 2.75) is 41.0 Å². The summed E-state index contributed by atoms with van der Waals surface area (Å²) in [6, 6.07) is 1.90. The van der Waals surface area contributed by atoms with Crippen LogP contribution in [0.4, 0.5) is 0 Å². The summed E-state index contributed by atoms with van der Waals surface area (Å²) in [5, 5.41) is 16.8. The van der Waals surface area contributed by atoms with Gasteiger partial charge in [-0.25, -0.2) is 4.68 Å². The molecule has 0 aliphatic heterocycles. The molecule has 0 unspecified atom stereocenters. The lowest BCUT2D eigenvalue weighted by atomic mass is 10.1. The van der Waals surface area contributed by atoms with Crippen LogP contribution >= 0.6 is 0 Å². The molecule has 0 spiro atoms. The van der Waals surface area contributed by atoms with E-state index in [-0.39, 0.29) is 5.84 Å². The van der Waals surface area contributed by atoms with E-state index < -0.39 is 0 Å². The molecule has 2 aromatic heterocycles. The van der Waals surface area contributed by atoms with E-state index in [1.807, 2.05) is 38.4 Å². The minimum absolute atomic E-state index is 0.0422. The van der Waals surface area contributed by atoms with Crippen LogP contribution in [0, 0.1) is 27.7 Å². The average Bonchev–Trinajstić information content (AvgIpc) is 2.71. The summed E-state index contributed by atoms with van der Waals surface area (Å²) in [7, 11) is 0. The molecule has 3 N–H and O–H groups in total. The molecule has 6 heteroatoms. The van der Waals surface area contributed by atoms with Crippen LogP contribution in [0.15, 0.2) is 11.2 Å². The second kappa shape index (κ2) is 5.55. The maximum absolute atomic E-state index is 9.03. The molecule has 0 amide bonds. The van der Waals surface area contributed by atoms with Gasteiger partial charge in [-0.15, -0.1) is 0 Å². The SMILES string of the molecule is CCc1c(C)nn(-c2cc(C)nc(C)c2/C(N)=N/O)c1C. The van der Waals surface area contributed by atoms with Gasteiger partial charge in [-0.1, -0.05) is 12.1 Å². The predicted octanol–water partition coefficient (Wildman–Crippen LogP) is 2.16. The molecule has 6 nitrogen and oxygen atoms in total. The molecule has 21 heavy (non-hydrogen) atoms. The Kier molecular flexibility index (Phi) is 3.97. The predicted molar refractivity (Wildman–Crippen MR) is 82.2 cm³/mol. The summed E-state index contributed by atoms with van der Waals surface area (Å²) < 4.78 is 1.85. The Morgan fingerprint density at radius 1 is 1.29 bits per heavy atom. The van der Waals surface area contributed by atoms with Crippen LogP contribution in [0.3, 0.4) is 0 Å². The van der Waals surface area contributed by atoms with Crippen molar-refractivity contribution in [3.8, 4) is 5.69 Å². The zero-order chi connectivity index (χ0) is 15.7. The molecule has 0 bridgehead atoms. The topological polar surface area (TPSA) is 89.3 Å². The van der Waals surface area contributed by atoms with E-state index in [4.69, 9.17) is 10.9 Å². The number of hydrogen-bond acceptors (Lipinski definition) is 4. The highest BCUT2D eigenvalue weighted by Gasteiger charge is 2.18. The van der Waals surface area contributed by atoms with Crippen molar-refractivity contribution < 1.29 is 5.21 Å². The molecule has 2 aromatic rings. The number of oxime groups is 1. The van der Waals surface area contributed by atoms with Gasteiger partial charge in [-0.3, -0.25) is 4.98 Å². The van der Waals surface area contributed by atoms with Gasteiger partial charge in [0, 0.05) is 11.4 Å². The van der Waals surface area contributed by atoms with Crippen molar-refractivity contribution >= 4 is 5.84 Å². The Hall–Kier alpha value is -2.37. The second-order valence-electron chi connectivity index (χ2n) is 5.14. The van der Waals surface area contributed by atoms with Crippen molar-refractivity contribution in [1.82, 2.24) is 14.8 Å². The van der Waals surface area contributed by atoms with E-state index >= 15 is 0 Å². The average molecular weight is 287 g/mol. The second-order valence-corrected chi connectivity index (χ2v) is 5.14. The monoisotopic (exact) mass is 287 g/mol. The lowest BCUT2D eigenvalue weighted by Gasteiger charge is -2.13. The lowest BCUT2D eigenvalue weighted by Crippen LogP contribution is -2.20. The number of amidine groups is 1. The largest absolute Gasteiger partial charge is 0.409 e. The highest BCUT2D eigenvalue weighted by molar-refractivity contribution is 6.01. The molecule has 2 heterocycles. The van der Waals surface area contributed by atoms with Crippen molar-refractivity contribution in [2.75, 3.05) is 0 Å². The molecule has 0 saturated carbocycles. The molecule has 0 radical (unpaired) electrons. The summed E-state index contributed by atoms with van der Waals surface area (Å²) in [6.45, 7) is 9.89. The molecule has 0 aliphatic carbocycles. The lowest BCUT2D eigenvalue weighted by molar-refractivity contribution is 0.318. The molecule has 112 valence electrons. The number of aryl methyl sites for hydroxylation is 3. The Labute approximate surface area is 124 Å². The van der Waals surface area contributed by atoms with Crippen LogP contribution in [0.1, 0.15) is 40.8 Å². The van der Waals surface area contributed by atoms with Crippen LogP contribution in [-0.4, -0.2) is 25.8 Å². The Morgan fingerprint density at radius 3 is 2.48 bits per heavy atom. The van der Waals surface area contributed by atoms with E-state index in [0.717, 1.165) is 29.2 Å². The van der Waals surface area contributed by atoms with Crippen LogP contribution in [0.25, 0.3) is 5.69 Å². The van der Waals surface area contributed by atoms with Crippen LogP contribution < -0.4 is 5.73 Å². The molecule has 0 aromatic carbocycles. The van der Waals surface area contributed by atoms with Gasteiger partial charge in [0.25, 0.3) is 0 Å². The highest BCUT2D eigenvalue weighted by atomic mass is 16.4. The quantitative estimate of drug-likeness (QED) is 0.392. The van der Waals surface area contributed by atoms with Crippen LogP contribution in [0.5, 0.6) is 0 Å². The number of nitrogens with zero attached hydrogens (tertiary/aromatic N) is 4. The summed E-state index contributed by atoms with van der Waals surface area (Å²) in [4.78, 5) is 4.39. The van der Waals surface area contributed by atoms with Gasteiger partial charge in [0.1, 0.15) is 0 Å². The molecule has 2 rings (SSSR count). The van der Waals surface area contributed by atoms with E-state index in [1.54, 1.807) is 0 Å². The third-order valence-electron chi connectivity index (χ3n) is 3.69. The van der Waals surface area contributed by atoms with Gasteiger partial charge in [0.05, 0.1) is 22.6 Å². The number of hydrogen-bond donors (Lipinski definition) is 2. The molecule has 0 saturated heterocycles. The van der Waals surface area contributed by atoms with E-state index in [2.05, 4.69) is 22.2 Å².